The van der Waals surface area contributed by atoms with Crippen molar-refractivity contribution >= 4 is 22.9 Å². The van der Waals surface area contributed by atoms with Crippen LogP contribution in [-0.2, 0) is 6.42 Å². The molecule has 1 aliphatic carbocycles. The summed E-state index contributed by atoms with van der Waals surface area (Å²) in [5.74, 6) is 0.700. The lowest BCUT2D eigenvalue weighted by atomic mass is 9.86. The topological polar surface area (TPSA) is 29.3 Å². The van der Waals surface area contributed by atoms with E-state index in [-0.39, 0.29) is 0 Å². The maximum Gasteiger partial charge on any atom is 0.0931 e. The van der Waals surface area contributed by atoms with Gasteiger partial charge in [-0.25, -0.2) is 0 Å². The molecule has 4 heteroatoms. The van der Waals surface area contributed by atoms with Crippen LogP contribution in [0.4, 0.5) is 0 Å². The second-order valence-electron chi connectivity index (χ2n) is 6.57. The third-order valence-electron chi connectivity index (χ3n) is 4.84. The Hall–Kier alpha value is -0.0900. The highest BCUT2D eigenvalue weighted by Gasteiger charge is 2.30. The van der Waals surface area contributed by atoms with Gasteiger partial charge in [-0.15, -0.1) is 11.3 Å². The van der Waals surface area contributed by atoms with E-state index in [0.717, 1.165) is 29.8 Å². The molecule has 2 fully saturated rings. The van der Waals surface area contributed by atoms with Gasteiger partial charge in [0.25, 0.3) is 0 Å². The van der Waals surface area contributed by atoms with Crippen molar-refractivity contribution in [2.45, 2.75) is 57.0 Å². The van der Waals surface area contributed by atoms with E-state index in [2.05, 4.69) is 16.3 Å². The SMILES string of the molecule is NC1CC(Cc2csc(Cl)c2)CN(C2CCCCC2)C1. The number of piperidine rings is 1. The Balaban J connectivity index is 1.60. The molecule has 2 unspecified atom stereocenters. The van der Waals surface area contributed by atoms with E-state index in [1.807, 2.05) is 0 Å². The van der Waals surface area contributed by atoms with E-state index in [9.17, 15) is 0 Å². The van der Waals surface area contributed by atoms with Crippen LogP contribution in [0.25, 0.3) is 0 Å². The molecule has 0 aromatic carbocycles. The standard InChI is InChI=1S/C16H25ClN2S/c17-16-8-13(11-20-16)6-12-7-14(18)10-19(9-12)15-4-2-1-3-5-15/h8,11-12,14-15H,1-7,9-10,18H2. The molecule has 2 atom stereocenters. The Morgan fingerprint density at radius 2 is 2.05 bits per heavy atom. The van der Waals surface area contributed by atoms with Crippen LogP contribution in [-0.4, -0.2) is 30.1 Å². The molecule has 1 aliphatic heterocycles. The first-order valence-corrected chi connectivity index (χ1v) is 9.19. The first kappa shape index (κ1) is 14.8. The van der Waals surface area contributed by atoms with Crippen molar-refractivity contribution in [2.24, 2.45) is 11.7 Å². The molecule has 2 N–H and O–H groups in total. The summed E-state index contributed by atoms with van der Waals surface area (Å²) in [6.45, 7) is 2.33. The molecule has 0 radical (unpaired) electrons. The van der Waals surface area contributed by atoms with Crippen LogP contribution in [0.3, 0.4) is 0 Å². The highest BCUT2D eigenvalue weighted by Crippen LogP contribution is 2.29. The average Bonchev–Trinajstić information content (AvgIpc) is 2.84. The van der Waals surface area contributed by atoms with Crippen molar-refractivity contribution in [1.82, 2.24) is 4.90 Å². The minimum absolute atomic E-state index is 0.352. The van der Waals surface area contributed by atoms with Gasteiger partial charge in [-0.05, 0) is 48.6 Å². The molecule has 1 aromatic rings. The lowest BCUT2D eigenvalue weighted by Crippen LogP contribution is -2.51. The van der Waals surface area contributed by atoms with E-state index in [4.69, 9.17) is 17.3 Å². The molecular weight excluding hydrogens is 288 g/mol. The Kier molecular flexibility index (Phi) is 5.03. The predicted octanol–water partition coefficient (Wildman–Crippen LogP) is 3.93. The Morgan fingerprint density at radius 1 is 1.25 bits per heavy atom. The minimum Gasteiger partial charge on any atom is -0.327 e. The summed E-state index contributed by atoms with van der Waals surface area (Å²) in [6, 6.07) is 3.27. The van der Waals surface area contributed by atoms with Gasteiger partial charge < -0.3 is 5.73 Å². The lowest BCUT2D eigenvalue weighted by molar-refractivity contribution is 0.0871. The van der Waals surface area contributed by atoms with Gasteiger partial charge in [0.1, 0.15) is 0 Å². The van der Waals surface area contributed by atoms with Crippen molar-refractivity contribution < 1.29 is 0 Å². The molecule has 0 amide bonds. The lowest BCUT2D eigenvalue weighted by Gasteiger charge is -2.42. The quantitative estimate of drug-likeness (QED) is 0.916. The number of thiophene rings is 1. The highest BCUT2D eigenvalue weighted by molar-refractivity contribution is 7.14. The zero-order chi connectivity index (χ0) is 13.9. The van der Waals surface area contributed by atoms with Gasteiger partial charge in [0.2, 0.25) is 0 Å². The van der Waals surface area contributed by atoms with E-state index >= 15 is 0 Å². The third kappa shape index (κ3) is 3.76. The number of halogens is 1. The molecular formula is C16H25ClN2S. The summed E-state index contributed by atoms with van der Waals surface area (Å²) in [4.78, 5) is 2.69. The number of rotatable bonds is 3. The highest BCUT2D eigenvalue weighted by atomic mass is 35.5. The number of nitrogens with two attached hydrogens (primary N) is 1. The van der Waals surface area contributed by atoms with Crippen LogP contribution in [0.2, 0.25) is 4.34 Å². The normalized spacial score (nSPS) is 29.7. The summed E-state index contributed by atoms with van der Waals surface area (Å²) < 4.78 is 0.907. The van der Waals surface area contributed by atoms with E-state index < -0.39 is 0 Å². The number of hydrogen-bond acceptors (Lipinski definition) is 3. The van der Waals surface area contributed by atoms with E-state index in [0.29, 0.717) is 12.0 Å². The van der Waals surface area contributed by atoms with Gasteiger partial charge in [-0.2, -0.15) is 0 Å². The van der Waals surface area contributed by atoms with Crippen molar-refractivity contribution in [2.75, 3.05) is 13.1 Å². The Labute approximate surface area is 131 Å². The molecule has 2 nitrogen and oxygen atoms in total. The zero-order valence-electron chi connectivity index (χ0n) is 12.1. The van der Waals surface area contributed by atoms with Gasteiger partial charge in [-0.1, -0.05) is 30.9 Å². The monoisotopic (exact) mass is 312 g/mol. The van der Waals surface area contributed by atoms with Gasteiger partial charge in [0, 0.05) is 25.2 Å². The van der Waals surface area contributed by atoms with Crippen LogP contribution in [0.5, 0.6) is 0 Å². The summed E-state index contributed by atoms with van der Waals surface area (Å²) in [5.41, 5.74) is 7.71. The molecule has 2 heterocycles. The van der Waals surface area contributed by atoms with Crippen LogP contribution in [0, 0.1) is 5.92 Å². The Morgan fingerprint density at radius 3 is 2.75 bits per heavy atom. The van der Waals surface area contributed by atoms with E-state index in [1.165, 1.54) is 44.2 Å². The molecule has 1 saturated carbocycles. The van der Waals surface area contributed by atoms with Gasteiger partial charge in [0.05, 0.1) is 4.34 Å². The molecule has 20 heavy (non-hydrogen) atoms. The predicted molar refractivity (Wildman–Crippen MR) is 87.6 cm³/mol. The minimum atomic E-state index is 0.352. The molecule has 112 valence electrons. The molecule has 0 bridgehead atoms. The molecule has 1 saturated heterocycles. The fraction of sp³-hybridized carbons (Fsp3) is 0.750. The van der Waals surface area contributed by atoms with Gasteiger partial charge in [0.15, 0.2) is 0 Å². The third-order valence-corrected chi connectivity index (χ3v) is 5.98. The average molecular weight is 313 g/mol. The molecule has 0 spiro atoms. The van der Waals surface area contributed by atoms with Crippen molar-refractivity contribution in [3.8, 4) is 0 Å². The van der Waals surface area contributed by atoms with Crippen LogP contribution in [0.15, 0.2) is 11.4 Å². The first-order chi connectivity index (χ1) is 9.70. The fourth-order valence-electron chi connectivity index (χ4n) is 3.96. The van der Waals surface area contributed by atoms with Gasteiger partial charge >= 0.3 is 0 Å². The maximum atomic E-state index is 6.32. The second-order valence-corrected chi connectivity index (χ2v) is 8.11. The Bertz CT molecular complexity index is 428. The molecule has 3 rings (SSSR count). The van der Waals surface area contributed by atoms with E-state index in [1.54, 1.807) is 11.3 Å². The summed E-state index contributed by atoms with van der Waals surface area (Å²) >= 11 is 7.68. The second kappa shape index (κ2) is 6.78. The van der Waals surface area contributed by atoms with Gasteiger partial charge in [-0.3, -0.25) is 4.90 Å². The molecule has 1 aromatic heterocycles. The van der Waals surface area contributed by atoms with Crippen molar-refractivity contribution in [3.63, 3.8) is 0 Å². The zero-order valence-corrected chi connectivity index (χ0v) is 13.6. The van der Waals surface area contributed by atoms with Crippen molar-refractivity contribution in [1.29, 1.82) is 0 Å². The fourth-order valence-corrected chi connectivity index (χ4v) is 4.88. The molecule has 2 aliphatic rings. The van der Waals surface area contributed by atoms with Crippen LogP contribution >= 0.6 is 22.9 Å². The largest absolute Gasteiger partial charge is 0.327 e. The maximum absolute atomic E-state index is 6.32. The number of hydrogen-bond donors (Lipinski definition) is 1. The number of likely N-dealkylation sites (tertiary alicyclic amines) is 1. The summed E-state index contributed by atoms with van der Waals surface area (Å²) in [5, 5.41) is 2.20. The van der Waals surface area contributed by atoms with Crippen molar-refractivity contribution in [3.05, 3.63) is 21.3 Å². The van der Waals surface area contributed by atoms with Crippen LogP contribution in [0.1, 0.15) is 44.1 Å². The summed E-state index contributed by atoms with van der Waals surface area (Å²) in [7, 11) is 0. The summed E-state index contributed by atoms with van der Waals surface area (Å²) in [6.07, 6.45) is 9.29. The smallest absolute Gasteiger partial charge is 0.0931 e. The number of nitrogens with zero attached hydrogens (tertiary/aromatic N) is 1. The first-order valence-electron chi connectivity index (χ1n) is 7.93. The van der Waals surface area contributed by atoms with Crippen LogP contribution < -0.4 is 5.73 Å².